The van der Waals surface area contributed by atoms with E-state index in [0.717, 1.165) is 42.9 Å². The lowest BCUT2D eigenvalue weighted by molar-refractivity contribution is -0.135. The van der Waals surface area contributed by atoms with Crippen LogP contribution in [0.5, 0.6) is 5.75 Å². The van der Waals surface area contributed by atoms with Gasteiger partial charge in [-0.1, -0.05) is 60.7 Å². The van der Waals surface area contributed by atoms with E-state index in [0.29, 0.717) is 29.5 Å². The molecule has 0 saturated carbocycles. The Morgan fingerprint density at radius 3 is 2.15 bits per heavy atom. The van der Waals surface area contributed by atoms with Crippen LogP contribution in [0.2, 0.25) is 0 Å². The van der Waals surface area contributed by atoms with Crippen LogP contribution < -0.4 is 10.1 Å². The first-order valence-corrected chi connectivity index (χ1v) is 15.0. The van der Waals surface area contributed by atoms with Crippen molar-refractivity contribution in [2.45, 2.75) is 31.2 Å². The number of nitrogens with one attached hydrogen (secondary N) is 1. The molecule has 7 nitrogen and oxygen atoms in total. The van der Waals surface area contributed by atoms with Gasteiger partial charge in [0.2, 0.25) is 5.91 Å². The fourth-order valence-electron chi connectivity index (χ4n) is 5.93. The summed E-state index contributed by atoms with van der Waals surface area (Å²) in [5, 5.41) is 3.49. The molecule has 0 radical (unpaired) electrons. The summed E-state index contributed by atoms with van der Waals surface area (Å²) in [5.41, 5.74) is 3.91. The average Bonchev–Trinajstić information content (AvgIpc) is 3.45. The monoisotopic (exact) mass is 566 g/mol. The number of hydrogen-bond acceptors (Lipinski definition) is 6. The van der Waals surface area contributed by atoms with E-state index in [2.05, 4.69) is 70.9 Å². The highest BCUT2D eigenvalue weighted by atomic mass is 32.1. The molecule has 2 amide bonds. The second-order valence-corrected chi connectivity index (χ2v) is 11.6. The van der Waals surface area contributed by atoms with Gasteiger partial charge in [0.05, 0.1) is 24.8 Å². The predicted octanol–water partition coefficient (Wildman–Crippen LogP) is 5.76. The van der Waals surface area contributed by atoms with Crippen LogP contribution in [0.25, 0.3) is 0 Å². The van der Waals surface area contributed by atoms with Gasteiger partial charge in [-0.25, -0.2) is 4.98 Å². The summed E-state index contributed by atoms with van der Waals surface area (Å²) in [6, 6.07) is 28.4. The van der Waals surface area contributed by atoms with Crippen molar-refractivity contribution in [2.75, 3.05) is 38.6 Å². The standard InChI is InChI=1S/C33H34N4O3S/c1-40-26-17-15-25(16-18-26)31(38)35-33-34-29-27(13-8-14-28(29)41-33)32(39)37-21-19-36(20-22-37)30(23-9-4-2-5-10-23)24-11-6-3-7-12-24/h2-7,9-12,15-18,27,30H,8,13-14,19-22H2,1H3,(H,34,35,38). The Bertz CT molecular complexity index is 1440. The van der Waals surface area contributed by atoms with Gasteiger partial charge in [0, 0.05) is 36.6 Å². The van der Waals surface area contributed by atoms with Crippen LogP contribution >= 0.6 is 11.3 Å². The third-order valence-electron chi connectivity index (χ3n) is 8.05. The van der Waals surface area contributed by atoms with Gasteiger partial charge in [-0.2, -0.15) is 0 Å². The highest BCUT2D eigenvalue weighted by molar-refractivity contribution is 7.16. The van der Waals surface area contributed by atoms with Crippen molar-refractivity contribution in [3.63, 3.8) is 0 Å². The normalized spacial score (nSPS) is 17.2. The largest absolute Gasteiger partial charge is 0.497 e. The van der Waals surface area contributed by atoms with Gasteiger partial charge < -0.3 is 9.64 Å². The lowest BCUT2D eigenvalue weighted by Gasteiger charge is -2.41. The summed E-state index contributed by atoms with van der Waals surface area (Å²) in [6.07, 6.45) is 2.62. The molecule has 3 aromatic carbocycles. The fraction of sp³-hybridized carbons (Fsp3) is 0.303. The van der Waals surface area contributed by atoms with Crippen molar-refractivity contribution >= 4 is 28.3 Å². The summed E-state index contributed by atoms with van der Waals surface area (Å²) in [5.74, 6) is 0.375. The number of thiazole rings is 1. The Morgan fingerprint density at radius 2 is 1.54 bits per heavy atom. The molecule has 1 atom stereocenters. The highest BCUT2D eigenvalue weighted by Crippen LogP contribution is 2.38. The van der Waals surface area contributed by atoms with Gasteiger partial charge in [0.15, 0.2) is 5.13 Å². The Balaban J connectivity index is 1.13. The van der Waals surface area contributed by atoms with Crippen LogP contribution in [0.1, 0.15) is 56.9 Å². The quantitative estimate of drug-likeness (QED) is 0.308. The number of piperazine rings is 1. The zero-order valence-electron chi connectivity index (χ0n) is 23.2. The van der Waals surface area contributed by atoms with E-state index >= 15 is 0 Å². The van der Waals surface area contributed by atoms with Crippen LogP contribution in [0.3, 0.4) is 0 Å². The average molecular weight is 567 g/mol. The molecule has 1 saturated heterocycles. The van der Waals surface area contributed by atoms with Crippen LogP contribution in [0.4, 0.5) is 5.13 Å². The molecule has 2 aliphatic rings. The number of methoxy groups -OCH3 is 1. The van der Waals surface area contributed by atoms with Crippen molar-refractivity contribution in [1.82, 2.24) is 14.8 Å². The van der Waals surface area contributed by atoms with Crippen LogP contribution in [0.15, 0.2) is 84.9 Å². The number of ether oxygens (including phenoxy) is 1. The van der Waals surface area contributed by atoms with Gasteiger partial charge >= 0.3 is 0 Å². The number of rotatable bonds is 7. The molecule has 1 aromatic heterocycles. The lowest BCUT2D eigenvalue weighted by Crippen LogP contribution is -2.51. The summed E-state index contributed by atoms with van der Waals surface area (Å²) in [7, 11) is 1.60. The molecule has 0 spiro atoms. The van der Waals surface area contributed by atoms with Gasteiger partial charge in [-0.05, 0) is 54.7 Å². The molecule has 1 N–H and O–H groups in total. The minimum atomic E-state index is -0.257. The van der Waals surface area contributed by atoms with E-state index in [9.17, 15) is 9.59 Å². The number of carbonyl (C=O) groups excluding carboxylic acids is 2. The molecule has 8 heteroatoms. The molecular formula is C33H34N4O3S. The van der Waals surface area contributed by atoms with E-state index in [4.69, 9.17) is 9.72 Å². The third-order valence-corrected chi connectivity index (χ3v) is 9.09. The topological polar surface area (TPSA) is 74.8 Å². The Morgan fingerprint density at radius 1 is 0.902 bits per heavy atom. The number of anilines is 1. The summed E-state index contributed by atoms with van der Waals surface area (Å²) in [4.78, 5) is 37.0. The molecule has 1 aliphatic carbocycles. The van der Waals surface area contributed by atoms with Gasteiger partial charge in [0.25, 0.3) is 5.91 Å². The van der Waals surface area contributed by atoms with Crippen molar-refractivity contribution in [3.8, 4) is 5.75 Å². The molecule has 1 unspecified atom stereocenters. The Hall–Kier alpha value is -4.01. The molecule has 2 heterocycles. The number of aryl methyl sites for hydroxylation is 1. The highest BCUT2D eigenvalue weighted by Gasteiger charge is 2.35. The van der Waals surface area contributed by atoms with E-state index in [1.807, 2.05) is 4.90 Å². The number of amides is 2. The number of fused-ring (bicyclic) bond motifs is 1. The molecule has 4 aromatic rings. The van der Waals surface area contributed by atoms with E-state index < -0.39 is 0 Å². The maximum absolute atomic E-state index is 13.8. The minimum Gasteiger partial charge on any atom is -0.497 e. The third kappa shape index (κ3) is 5.89. The molecule has 1 aliphatic heterocycles. The number of nitrogens with zero attached hydrogens (tertiary/aromatic N) is 3. The second kappa shape index (κ2) is 12.2. The van der Waals surface area contributed by atoms with Gasteiger partial charge in [-0.15, -0.1) is 11.3 Å². The van der Waals surface area contributed by atoms with E-state index in [1.165, 1.54) is 22.5 Å². The second-order valence-electron chi connectivity index (χ2n) is 10.5. The molecular weight excluding hydrogens is 532 g/mol. The zero-order chi connectivity index (χ0) is 28.2. The van der Waals surface area contributed by atoms with E-state index in [1.54, 1.807) is 31.4 Å². The number of hydrogen-bond donors (Lipinski definition) is 1. The fourth-order valence-corrected chi connectivity index (χ4v) is 6.99. The molecule has 0 bridgehead atoms. The van der Waals surface area contributed by atoms with E-state index in [-0.39, 0.29) is 23.8 Å². The first kappa shape index (κ1) is 27.2. The van der Waals surface area contributed by atoms with Crippen molar-refractivity contribution in [3.05, 3.63) is 112 Å². The lowest BCUT2D eigenvalue weighted by atomic mass is 9.89. The summed E-state index contributed by atoms with van der Waals surface area (Å²) in [6.45, 7) is 2.98. The van der Waals surface area contributed by atoms with Crippen molar-refractivity contribution in [2.24, 2.45) is 0 Å². The Kier molecular flexibility index (Phi) is 8.11. The zero-order valence-corrected chi connectivity index (χ0v) is 24.0. The van der Waals surface area contributed by atoms with Crippen molar-refractivity contribution < 1.29 is 14.3 Å². The van der Waals surface area contributed by atoms with Crippen LogP contribution in [-0.2, 0) is 11.2 Å². The maximum Gasteiger partial charge on any atom is 0.257 e. The first-order chi connectivity index (χ1) is 20.1. The van der Waals surface area contributed by atoms with Crippen LogP contribution in [-0.4, -0.2) is 59.9 Å². The Labute approximate surface area is 244 Å². The smallest absolute Gasteiger partial charge is 0.257 e. The number of carbonyl (C=O) groups is 2. The van der Waals surface area contributed by atoms with Gasteiger partial charge in [0.1, 0.15) is 5.75 Å². The van der Waals surface area contributed by atoms with Crippen molar-refractivity contribution in [1.29, 1.82) is 0 Å². The number of benzene rings is 3. The minimum absolute atomic E-state index is 0.153. The number of aromatic nitrogens is 1. The molecule has 6 rings (SSSR count). The maximum atomic E-state index is 13.8. The molecule has 210 valence electrons. The molecule has 1 fully saturated rings. The first-order valence-electron chi connectivity index (χ1n) is 14.2. The summed E-state index contributed by atoms with van der Waals surface area (Å²) >= 11 is 1.49. The van der Waals surface area contributed by atoms with Crippen LogP contribution in [0, 0.1) is 0 Å². The summed E-state index contributed by atoms with van der Waals surface area (Å²) < 4.78 is 5.18. The van der Waals surface area contributed by atoms with Gasteiger partial charge in [-0.3, -0.25) is 19.8 Å². The predicted molar refractivity (Wildman–Crippen MR) is 162 cm³/mol. The SMILES string of the molecule is COc1ccc(C(=O)Nc2nc3c(s2)CCCC3C(=O)N2CCN(C(c3ccccc3)c3ccccc3)CC2)cc1. The molecule has 41 heavy (non-hydrogen) atoms.